The first-order valence-electron chi connectivity index (χ1n) is 14.8. The van der Waals surface area contributed by atoms with Gasteiger partial charge in [-0.2, -0.15) is 0 Å². The number of carbonyl (C=O) groups is 5. The van der Waals surface area contributed by atoms with E-state index in [4.69, 9.17) is 0 Å². The lowest BCUT2D eigenvalue weighted by atomic mass is 9.74. The summed E-state index contributed by atoms with van der Waals surface area (Å²) in [6.45, 7) is 13.0. The molecular weight excluding hydrogens is 504 g/mol. The summed E-state index contributed by atoms with van der Waals surface area (Å²) in [4.78, 5) is 65.4. The summed E-state index contributed by atoms with van der Waals surface area (Å²) >= 11 is 0. The van der Waals surface area contributed by atoms with Crippen molar-refractivity contribution >= 4 is 29.0 Å². The molecule has 40 heavy (non-hydrogen) atoms. The predicted octanol–water partition coefficient (Wildman–Crippen LogP) is 4.60. The number of benzene rings is 1. The van der Waals surface area contributed by atoms with Gasteiger partial charge in [-0.3, -0.25) is 24.0 Å². The minimum absolute atomic E-state index is 0.0277. The highest BCUT2D eigenvalue weighted by Gasteiger charge is 2.38. The van der Waals surface area contributed by atoms with Gasteiger partial charge in [-0.15, -0.1) is 0 Å². The van der Waals surface area contributed by atoms with Crippen LogP contribution < -0.4 is 5.32 Å². The second-order valence-corrected chi connectivity index (χ2v) is 13.8. The molecule has 7 heteroatoms. The molecule has 1 aromatic carbocycles. The van der Waals surface area contributed by atoms with Crippen LogP contribution in [-0.2, 0) is 30.4 Å². The lowest BCUT2D eigenvalue weighted by molar-refractivity contribution is -0.895. The van der Waals surface area contributed by atoms with E-state index in [1.165, 1.54) is 0 Å². The van der Waals surface area contributed by atoms with Crippen LogP contribution in [-0.4, -0.2) is 66.7 Å². The molecule has 0 saturated carbocycles. The van der Waals surface area contributed by atoms with Crippen LogP contribution in [0.25, 0.3) is 0 Å². The van der Waals surface area contributed by atoms with Gasteiger partial charge >= 0.3 is 0 Å². The van der Waals surface area contributed by atoms with Crippen LogP contribution in [0.5, 0.6) is 0 Å². The molecule has 1 aromatic rings. The molecule has 1 amide bonds. The number of carbonyl (C=O) groups excluding carboxylic acids is 5. The molecular formula is C33H51N2O5+. The maximum absolute atomic E-state index is 13.4. The topological polar surface area (TPSA) is 97.4 Å². The zero-order valence-corrected chi connectivity index (χ0v) is 25.9. The van der Waals surface area contributed by atoms with Crippen LogP contribution in [0.2, 0.25) is 0 Å². The lowest BCUT2D eigenvalue weighted by Gasteiger charge is -2.37. The van der Waals surface area contributed by atoms with Crippen LogP contribution in [0, 0.1) is 29.1 Å². The Bertz CT molecular complexity index is 1040. The number of nitrogens with zero attached hydrogens (tertiary/aromatic N) is 1. The largest absolute Gasteiger partial charge is 0.346 e. The van der Waals surface area contributed by atoms with Gasteiger partial charge in [0.15, 0.2) is 11.6 Å². The summed E-state index contributed by atoms with van der Waals surface area (Å²) in [6.07, 6.45) is 2.27. The molecule has 0 unspecified atom stereocenters. The predicted molar refractivity (Wildman–Crippen MR) is 157 cm³/mol. The maximum Gasteiger partial charge on any atom is 0.224 e. The fourth-order valence-corrected chi connectivity index (χ4v) is 5.40. The number of likely N-dealkylation sites (tertiary alicyclic amines) is 1. The standard InChI is InChI=1S/C33H50N2O5/c1-22(2)26(31(39)28(36)15-14-24-12-10-9-11-13-24)20-29(37)23(3)34-32(40)27(33(4,5)6)21-30(38)25-16-18-35(7,8)19-17-25/h9-13,22-23,25-27H,14-21H2,1-8H3/p+1/t23-,26-,27+/m0/s1. The van der Waals surface area contributed by atoms with Crippen LogP contribution >= 0.6 is 0 Å². The highest BCUT2D eigenvalue weighted by atomic mass is 16.2. The van der Waals surface area contributed by atoms with Crippen molar-refractivity contribution in [2.75, 3.05) is 27.2 Å². The van der Waals surface area contributed by atoms with E-state index in [9.17, 15) is 24.0 Å². The summed E-state index contributed by atoms with van der Waals surface area (Å²) < 4.78 is 0.908. The van der Waals surface area contributed by atoms with E-state index in [1.807, 2.05) is 65.0 Å². The molecule has 1 N–H and O–H groups in total. The first-order chi connectivity index (χ1) is 18.5. The van der Waals surface area contributed by atoms with Gasteiger partial charge in [0.05, 0.1) is 33.2 Å². The number of piperidine rings is 1. The van der Waals surface area contributed by atoms with Crippen LogP contribution in [0.15, 0.2) is 30.3 Å². The van der Waals surface area contributed by atoms with Crippen molar-refractivity contribution in [3.8, 4) is 0 Å². The van der Waals surface area contributed by atoms with E-state index in [-0.39, 0.29) is 48.6 Å². The third-order valence-corrected chi connectivity index (χ3v) is 8.55. The van der Waals surface area contributed by atoms with Gasteiger partial charge in [0.25, 0.3) is 0 Å². The molecule has 1 saturated heterocycles. The second kappa shape index (κ2) is 14.3. The zero-order valence-electron chi connectivity index (χ0n) is 25.9. The number of nitrogens with one attached hydrogen (secondary N) is 1. The van der Waals surface area contributed by atoms with E-state index < -0.39 is 34.9 Å². The summed E-state index contributed by atoms with van der Waals surface area (Å²) in [5.41, 5.74) is 0.518. The summed E-state index contributed by atoms with van der Waals surface area (Å²) in [5, 5.41) is 2.83. The molecule has 3 atom stereocenters. The zero-order chi connectivity index (χ0) is 30.3. The fraction of sp³-hybridized carbons (Fsp3) is 0.667. The minimum atomic E-state index is -0.825. The van der Waals surface area contributed by atoms with Crippen LogP contribution in [0.4, 0.5) is 0 Å². The van der Waals surface area contributed by atoms with Crippen molar-refractivity contribution in [2.45, 2.75) is 86.1 Å². The Kier molecular flexibility index (Phi) is 12.0. The Morgan fingerprint density at radius 2 is 1.50 bits per heavy atom. The summed E-state index contributed by atoms with van der Waals surface area (Å²) in [5.74, 6) is -3.01. The lowest BCUT2D eigenvalue weighted by Crippen LogP contribution is -2.49. The second-order valence-electron chi connectivity index (χ2n) is 13.8. The third kappa shape index (κ3) is 10.1. The van der Waals surface area contributed by atoms with Gasteiger partial charge < -0.3 is 9.80 Å². The van der Waals surface area contributed by atoms with E-state index in [0.29, 0.717) is 6.42 Å². The number of quaternary nitrogens is 1. The molecule has 0 bridgehead atoms. The van der Waals surface area contributed by atoms with E-state index >= 15 is 0 Å². The maximum atomic E-state index is 13.4. The number of rotatable bonds is 14. The van der Waals surface area contributed by atoms with E-state index in [1.54, 1.807) is 6.92 Å². The molecule has 0 aliphatic carbocycles. The van der Waals surface area contributed by atoms with Gasteiger partial charge in [0, 0.05) is 49.9 Å². The van der Waals surface area contributed by atoms with Crippen LogP contribution in [0.3, 0.4) is 0 Å². The Labute approximate surface area is 241 Å². The average Bonchev–Trinajstić information content (AvgIpc) is 2.87. The quantitative estimate of drug-likeness (QED) is 0.267. The number of hydrogen-bond acceptors (Lipinski definition) is 5. The van der Waals surface area contributed by atoms with Gasteiger partial charge in [-0.1, -0.05) is 65.0 Å². The monoisotopic (exact) mass is 555 g/mol. The van der Waals surface area contributed by atoms with E-state index in [0.717, 1.165) is 36.0 Å². The van der Waals surface area contributed by atoms with Crippen molar-refractivity contribution < 1.29 is 28.5 Å². The molecule has 2 rings (SSSR count). The average molecular weight is 556 g/mol. The summed E-state index contributed by atoms with van der Waals surface area (Å²) in [6, 6.07) is 8.69. The number of Topliss-reactive ketones (excluding diaryl/α,β-unsaturated/α-hetero) is 4. The molecule has 1 aliphatic rings. The Balaban J connectivity index is 1.99. The van der Waals surface area contributed by atoms with Crippen molar-refractivity contribution in [1.29, 1.82) is 0 Å². The molecule has 0 spiro atoms. The van der Waals surface area contributed by atoms with Crippen molar-refractivity contribution in [2.24, 2.45) is 29.1 Å². The number of ketones is 4. The van der Waals surface area contributed by atoms with Crippen molar-refractivity contribution in [3.05, 3.63) is 35.9 Å². The first-order valence-corrected chi connectivity index (χ1v) is 14.8. The Morgan fingerprint density at radius 1 is 0.925 bits per heavy atom. The number of hydrogen-bond donors (Lipinski definition) is 1. The number of aryl methyl sites for hydroxylation is 1. The molecule has 1 aliphatic heterocycles. The van der Waals surface area contributed by atoms with Gasteiger partial charge in [-0.05, 0) is 30.2 Å². The normalized spacial score (nSPS) is 18.0. The highest BCUT2D eigenvalue weighted by molar-refractivity contribution is 6.38. The van der Waals surface area contributed by atoms with E-state index in [2.05, 4.69) is 19.4 Å². The van der Waals surface area contributed by atoms with Crippen molar-refractivity contribution in [3.63, 3.8) is 0 Å². The fourth-order valence-electron chi connectivity index (χ4n) is 5.40. The molecule has 222 valence electrons. The van der Waals surface area contributed by atoms with Gasteiger partial charge in [0.1, 0.15) is 5.78 Å². The molecule has 0 radical (unpaired) electrons. The Morgan fingerprint density at radius 3 is 2.02 bits per heavy atom. The SMILES string of the molecule is CC(C)[C@H](CC(=O)[C@H](C)NC(=O)[C@@H](CC(=O)C1CC[N+](C)(C)CC1)C(C)(C)C)C(=O)C(=O)CCc1ccccc1. The highest BCUT2D eigenvalue weighted by Crippen LogP contribution is 2.32. The third-order valence-electron chi connectivity index (χ3n) is 8.55. The first kappa shape index (κ1) is 33.5. The molecule has 1 heterocycles. The molecule has 1 fully saturated rings. The van der Waals surface area contributed by atoms with Gasteiger partial charge in [-0.25, -0.2) is 0 Å². The minimum Gasteiger partial charge on any atom is -0.346 e. The molecule has 0 aromatic heterocycles. The van der Waals surface area contributed by atoms with Crippen LogP contribution in [0.1, 0.15) is 79.2 Å². The van der Waals surface area contributed by atoms with Crippen molar-refractivity contribution in [1.82, 2.24) is 5.32 Å². The number of amides is 1. The smallest absolute Gasteiger partial charge is 0.224 e. The molecule has 7 nitrogen and oxygen atoms in total. The van der Waals surface area contributed by atoms with Gasteiger partial charge in [0.2, 0.25) is 11.7 Å². The Hall–Kier alpha value is -2.67. The summed E-state index contributed by atoms with van der Waals surface area (Å²) in [7, 11) is 4.34.